The number of nitrogens with zero attached hydrogens (tertiary/aromatic N) is 5. The standard InChI is InChI=1S/C20H14ClF2N5O/c1-9-25-26-18-11-3-2-4-16(29-20(22)23)17(11)14-8-15(27(9)18)19-24-12-6-5-10(21)7-13(12)28(14)19/h2-7,14-15,20H,8H2,1H3/t14-,15-/m1/s1. The number of hydrogen-bond donors (Lipinski definition) is 0. The molecule has 2 aliphatic heterocycles. The zero-order chi connectivity index (χ0) is 19.9. The van der Waals surface area contributed by atoms with Crippen LogP contribution in [0.1, 0.15) is 35.7 Å². The van der Waals surface area contributed by atoms with E-state index in [1.807, 2.05) is 29.7 Å². The Morgan fingerprint density at radius 1 is 1.14 bits per heavy atom. The zero-order valence-electron chi connectivity index (χ0n) is 15.2. The number of fused-ring (bicyclic) bond motifs is 6. The van der Waals surface area contributed by atoms with Gasteiger partial charge in [-0.1, -0.05) is 23.7 Å². The molecule has 2 bridgehead atoms. The van der Waals surface area contributed by atoms with Crippen LogP contribution in [0.3, 0.4) is 0 Å². The number of aromatic nitrogens is 5. The van der Waals surface area contributed by atoms with Crippen LogP contribution in [0.15, 0.2) is 36.4 Å². The summed E-state index contributed by atoms with van der Waals surface area (Å²) in [7, 11) is 0. The van der Waals surface area contributed by atoms with Gasteiger partial charge in [-0.3, -0.25) is 0 Å². The van der Waals surface area contributed by atoms with E-state index in [2.05, 4.69) is 14.8 Å². The number of benzene rings is 2. The summed E-state index contributed by atoms with van der Waals surface area (Å²) < 4.78 is 35.4. The highest BCUT2D eigenvalue weighted by Gasteiger charge is 2.43. The minimum absolute atomic E-state index is 0.108. The van der Waals surface area contributed by atoms with Gasteiger partial charge in [-0.05, 0) is 31.2 Å². The molecule has 0 radical (unpaired) electrons. The van der Waals surface area contributed by atoms with Gasteiger partial charge in [0.1, 0.15) is 17.4 Å². The first-order valence-corrected chi connectivity index (χ1v) is 9.57. The van der Waals surface area contributed by atoms with Gasteiger partial charge in [0.25, 0.3) is 0 Å². The van der Waals surface area contributed by atoms with E-state index in [4.69, 9.17) is 21.3 Å². The van der Waals surface area contributed by atoms with Crippen LogP contribution in [0.4, 0.5) is 8.78 Å². The lowest BCUT2D eigenvalue weighted by Gasteiger charge is -2.21. The highest BCUT2D eigenvalue weighted by Crippen LogP contribution is 2.52. The van der Waals surface area contributed by atoms with E-state index in [1.54, 1.807) is 18.2 Å². The Labute approximate surface area is 168 Å². The molecule has 2 aromatic heterocycles. The first kappa shape index (κ1) is 16.9. The molecule has 2 aliphatic rings. The van der Waals surface area contributed by atoms with E-state index < -0.39 is 6.61 Å². The number of halogens is 3. The highest BCUT2D eigenvalue weighted by atomic mass is 35.5. The minimum atomic E-state index is -2.92. The van der Waals surface area contributed by atoms with Crippen LogP contribution in [0.5, 0.6) is 5.75 Å². The van der Waals surface area contributed by atoms with Crippen molar-refractivity contribution in [1.29, 1.82) is 0 Å². The molecule has 6 rings (SSSR count). The first-order chi connectivity index (χ1) is 14.0. The van der Waals surface area contributed by atoms with Crippen LogP contribution < -0.4 is 4.74 Å². The average molecular weight is 414 g/mol. The summed E-state index contributed by atoms with van der Waals surface area (Å²) >= 11 is 6.25. The molecule has 0 unspecified atom stereocenters. The number of alkyl halides is 2. The summed E-state index contributed by atoms with van der Waals surface area (Å²) in [6.45, 7) is -1.03. The lowest BCUT2D eigenvalue weighted by molar-refractivity contribution is -0.0506. The van der Waals surface area contributed by atoms with Crippen molar-refractivity contribution in [2.24, 2.45) is 0 Å². The fourth-order valence-electron chi connectivity index (χ4n) is 4.75. The molecule has 4 heterocycles. The number of imidazole rings is 1. The predicted molar refractivity (Wildman–Crippen MR) is 102 cm³/mol. The summed E-state index contributed by atoms with van der Waals surface area (Å²) in [5.74, 6) is 2.37. The third-order valence-corrected chi connectivity index (χ3v) is 6.00. The van der Waals surface area contributed by atoms with Crippen molar-refractivity contribution in [3.8, 4) is 17.1 Å². The van der Waals surface area contributed by atoms with Gasteiger partial charge >= 0.3 is 6.61 Å². The minimum Gasteiger partial charge on any atom is -0.434 e. The normalized spacial score (nSPS) is 19.2. The largest absolute Gasteiger partial charge is 0.434 e. The molecular formula is C20H14ClF2N5O. The number of rotatable bonds is 2. The first-order valence-electron chi connectivity index (χ1n) is 9.20. The second-order valence-electron chi connectivity index (χ2n) is 7.28. The molecule has 2 aromatic carbocycles. The van der Waals surface area contributed by atoms with Crippen LogP contribution >= 0.6 is 11.6 Å². The third-order valence-electron chi connectivity index (χ3n) is 5.77. The van der Waals surface area contributed by atoms with Crippen molar-refractivity contribution < 1.29 is 13.5 Å². The molecule has 4 aromatic rings. The molecule has 0 amide bonds. The molecule has 0 fully saturated rings. The summed E-state index contributed by atoms with van der Waals surface area (Å²) in [6.07, 6.45) is 0.646. The zero-order valence-corrected chi connectivity index (χ0v) is 15.9. The van der Waals surface area contributed by atoms with Crippen molar-refractivity contribution in [1.82, 2.24) is 24.3 Å². The van der Waals surface area contributed by atoms with Crippen LogP contribution in [-0.2, 0) is 0 Å². The summed E-state index contributed by atoms with van der Waals surface area (Å²) in [6, 6.07) is 10.3. The van der Waals surface area contributed by atoms with E-state index in [-0.39, 0.29) is 17.8 Å². The number of aryl methyl sites for hydroxylation is 1. The second kappa shape index (κ2) is 5.76. The Hall–Kier alpha value is -3.00. The van der Waals surface area contributed by atoms with E-state index >= 15 is 0 Å². The second-order valence-corrected chi connectivity index (χ2v) is 7.71. The van der Waals surface area contributed by atoms with Gasteiger partial charge in [0.2, 0.25) is 0 Å². The maximum absolute atomic E-state index is 13.2. The molecule has 0 spiro atoms. The van der Waals surface area contributed by atoms with Crippen molar-refractivity contribution >= 4 is 22.6 Å². The predicted octanol–water partition coefficient (Wildman–Crippen LogP) is 4.75. The monoisotopic (exact) mass is 413 g/mol. The van der Waals surface area contributed by atoms with Crippen molar-refractivity contribution in [3.05, 3.63) is 58.6 Å². The molecule has 6 nitrogen and oxygen atoms in total. The summed E-state index contributed by atoms with van der Waals surface area (Å²) in [4.78, 5) is 4.84. The van der Waals surface area contributed by atoms with Gasteiger partial charge in [0.05, 0.1) is 23.1 Å². The fourth-order valence-corrected chi connectivity index (χ4v) is 4.91. The quantitative estimate of drug-likeness (QED) is 0.475. The molecular weight excluding hydrogens is 400 g/mol. The Morgan fingerprint density at radius 3 is 2.83 bits per heavy atom. The third kappa shape index (κ3) is 2.23. The van der Waals surface area contributed by atoms with Crippen molar-refractivity contribution in [2.45, 2.75) is 32.0 Å². The fraction of sp³-hybridized carbons (Fsp3) is 0.250. The maximum Gasteiger partial charge on any atom is 0.387 e. The van der Waals surface area contributed by atoms with Gasteiger partial charge in [-0.15, -0.1) is 10.2 Å². The molecule has 0 saturated heterocycles. The van der Waals surface area contributed by atoms with Gasteiger partial charge in [-0.2, -0.15) is 8.78 Å². The summed E-state index contributed by atoms with van der Waals surface area (Å²) in [5, 5.41) is 9.20. The van der Waals surface area contributed by atoms with E-state index in [9.17, 15) is 8.78 Å². The molecule has 0 aliphatic carbocycles. The Bertz CT molecular complexity index is 1300. The molecule has 146 valence electrons. The smallest absolute Gasteiger partial charge is 0.387 e. The van der Waals surface area contributed by atoms with Crippen LogP contribution in [-0.4, -0.2) is 30.9 Å². The summed E-state index contributed by atoms with van der Waals surface area (Å²) in [5.41, 5.74) is 3.09. The van der Waals surface area contributed by atoms with Crippen LogP contribution in [0, 0.1) is 6.92 Å². The van der Waals surface area contributed by atoms with Crippen LogP contribution in [0.2, 0.25) is 5.02 Å². The molecule has 0 saturated carbocycles. The maximum atomic E-state index is 13.2. The average Bonchev–Trinajstić information content (AvgIpc) is 3.30. The van der Waals surface area contributed by atoms with Crippen molar-refractivity contribution in [3.63, 3.8) is 0 Å². The Morgan fingerprint density at radius 2 is 2.00 bits per heavy atom. The van der Waals surface area contributed by atoms with Crippen molar-refractivity contribution in [2.75, 3.05) is 0 Å². The molecule has 0 N–H and O–H groups in total. The lowest BCUT2D eigenvalue weighted by atomic mass is 9.97. The van der Waals surface area contributed by atoms with Gasteiger partial charge in [0.15, 0.2) is 5.82 Å². The van der Waals surface area contributed by atoms with E-state index in [0.717, 1.165) is 28.2 Å². The van der Waals surface area contributed by atoms with Crippen LogP contribution in [0.25, 0.3) is 22.4 Å². The van der Waals surface area contributed by atoms with Gasteiger partial charge < -0.3 is 13.9 Å². The lowest BCUT2D eigenvalue weighted by Crippen LogP contribution is -2.14. The Balaban J connectivity index is 1.73. The number of ether oxygens (including phenoxy) is 1. The van der Waals surface area contributed by atoms with E-state index in [1.165, 1.54) is 0 Å². The Kier molecular flexibility index (Phi) is 3.36. The van der Waals surface area contributed by atoms with Gasteiger partial charge in [0, 0.05) is 22.6 Å². The highest BCUT2D eigenvalue weighted by molar-refractivity contribution is 6.31. The molecule has 29 heavy (non-hydrogen) atoms. The molecule has 9 heteroatoms. The molecule has 2 atom stereocenters. The van der Waals surface area contributed by atoms with Gasteiger partial charge in [-0.25, -0.2) is 4.98 Å². The number of hydrogen-bond acceptors (Lipinski definition) is 4. The topological polar surface area (TPSA) is 57.8 Å². The van der Waals surface area contributed by atoms with E-state index in [0.29, 0.717) is 22.8 Å². The SMILES string of the molecule is Cc1nnc2n1[C@@H]1C[C@H](c3c(OC(F)F)cccc3-2)n2c1nc1ccc(Cl)cc12.